The number of aliphatic hydroxyl groups excluding tert-OH is 3. The van der Waals surface area contributed by atoms with E-state index < -0.39 is 42.8 Å². The quantitative estimate of drug-likeness (QED) is 0.133. The Morgan fingerprint density at radius 3 is 2.69 bits per heavy atom. The molecule has 2 fully saturated rings. The van der Waals surface area contributed by atoms with Gasteiger partial charge < -0.3 is 39.5 Å². The number of fused-ring (bicyclic) bond motifs is 1. The molecule has 0 bridgehead atoms. The number of unbranched alkanes of at least 4 members (excludes halogenated alkanes) is 1. The number of nitrogens with zero attached hydrogens (tertiary/aromatic N) is 1. The molecule has 1 aromatic carbocycles. The minimum Gasteiger partial charge on any atom is -0.479 e. The van der Waals surface area contributed by atoms with E-state index in [0.29, 0.717) is 56.5 Å². The summed E-state index contributed by atoms with van der Waals surface area (Å²) in [5.74, 6) is -1.75. The summed E-state index contributed by atoms with van der Waals surface area (Å²) in [6, 6.07) is 7.54. The Morgan fingerprint density at radius 1 is 1.18 bits per heavy atom. The number of amides is 1. The van der Waals surface area contributed by atoms with Crippen LogP contribution >= 0.6 is 22.9 Å². The fourth-order valence-electron chi connectivity index (χ4n) is 5.45. The van der Waals surface area contributed by atoms with E-state index >= 15 is 0 Å². The van der Waals surface area contributed by atoms with Gasteiger partial charge in [0.15, 0.2) is 12.4 Å². The van der Waals surface area contributed by atoms with Crippen LogP contribution in [0.5, 0.6) is 0 Å². The van der Waals surface area contributed by atoms with Crippen molar-refractivity contribution in [2.45, 2.75) is 94.2 Å². The molecule has 246 valence electrons. The van der Waals surface area contributed by atoms with Crippen LogP contribution in [-0.2, 0) is 35.0 Å². The highest BCUT2D eigenvalue weighted by Crippen LogP contribution is 2.36. The number of carboxylic acid groups (broad SMARTS) is 1. The van der Waals surface area contributed by atoms with E-state index in [4.69, 9.17) is 21.1 Å². The van der Waals surface area contributed by atoms with Gasteiger partial charge in [-0.15, -0.1) is 11.3 Å². The molecule has 7 atom stereocenters. The second-order valence-electron chi connectivity index (χ2n) is 11.1. The van der Waals surface area contributed by atoms with Gasteiger partial charge in [0.1, 0.15) is 18.3 Å². The topological polar surface area (TPSA) is 163 Å². The lowest BCUT2D eigenvalue weighted by Gasteiger charge is -2.39. The van der Waals surface area contributed by atoms with Gasteiger partial charge in [-0.3, -0.25) is 9.59 Å². The number of allylic oxidation sites excluding steroid dienone is 1. The molecule has 1 aromatic heterocycles. The Bertz CT molecular complexity index is 1380. The van der Waals surface area contributed by atoms with E-state index in [-0.39, 0.29) is 17.9 Å². The van der Waals surface area contributed by atoms with Gasteiger partial charge in [-0.25, -0.2) is 4.79 Å². The summed E-state index contributed by atoms with van der Waals surface area (Å²) in [4.78, 5) is 38.5. The van der Waals surface area contributed by atoms with E-state index in [9.17, 15) is 34.8 Å². The number of benzene rings is 1. The van der Waals surface area contributed by atoms with Crippen LogP contribution in [-0.4, -0.2) is 99.7 Å². The number of aryl methyl sites for hydroxylation is 1. The van der Waals surface area contributed by atoms with Gasteiger partial charge in [0.25, 0.3) is 0 Å². The third kappa shape index (κ3) is 9.13. The molecule has 2 aliphatic rings. The van der Waals surface area contributed by atoms with Crippen molar-refractivity contribution < 1.29 is 49.0 Å². The van der Waals surface area contributed by atoms with Gasteiger partial charge in [0.2, 0.25) is 5.91 Å². The number of halogens is 1. The van der Waals surface area contributed by atoms with Crippen LogP contribution < -0.4 is 0 Å². The van der Waals surface area contributed by atoms with Crippen molar-refractivity contribution in [2.24, 2.45) is 0 Å². The lowest BCUT2D eigenvalue weighted by Crippen LogP contribution is -2.60. The Labute approximate surface area is 270 Å². The zero-order valence-electron chi connectivity index (χ0n) is 25.0. The number of carbonyl (C=O) groups is 3. The molecular weight excluding hydrogens is 626 g/mol. The molecule has 11 nitrogen and oxygen atoms in total. The van der Waals surface area contributed by atoms with Gasteiger partial charge >= 0.3 is 11.9 Å². The second-order valence-corrected chi connectivity index (χ2v) is 12.6. The molecule has 13 heteroatoms. The van der Waals surface area contributed by atoms with Crippen molar-refractivity contribution in [3.8, 4) is 0 Å². The number of ether oxygens (including phenoxy) is 3. The van der Waals surface area contributed by atoms with Gasteiger partial charge in [-0.1, -0.05) is 54.1 Å². The Balaban J connectivity index is 1.49. The van der Waals surface area contributed by atoms with Gasteiger partial charge in [-0.2, -0.15) is 0 Å². The average Bonchev–Trinajstić information content (AvgIpc) is 3.35. The predicted molar refractivity (Wildman–Crippen MR) is 168 cm³/mol. The molecule has 1 amide bonds. The van der Waals surface area contributed by atoms with Crippen molar-refractivity contribution >= 4 is 50.9 Å². The Morgan fingerprint density at radius 2 is 1.96 bits per heavy atom. The van der Waals surface area contributed by atoms with E-state index in [2.05, 4.69) is 4.74 Å². The maximum Gasteiger partial charge on any atom is 0.335 e. The first kappa shape index (κ1) is 35.0. The maximum absolute atomic E-state index is 12.8. The number of rotatable bonds is 14. The molecule has 0 spiro atoms. The standard InChI is InChI=1S/C32H40ClNO10S/c1-42-25(36)13-4-2-3-7-18-34-19(9-8-12-24(34)35)14-15-20(16-17-23-26(33)21-10-5-6-11-22(21)45-23)43-32-29(39)27(37)28(38)30(44-32)31(40)41/h3,5-7,10-11,14-15,19-20,27-30,32,37-39H,2,4,8-9,12-13,16-18H2,1H3,(H,40,41)/t19-,20?,27+,28+,29?,30?,32-/m1/s1. The third-order valence-corrected chi connectivity index (χ3v) is 9.76. The van der Waals surface area contributed by atoms with E-state index in [1.165, 1.54) is 7.11 Å². The van der Waals surface area contributed by atoms with E-state index in [1.807, 2.05) is 42.5 Å². The highest BCUT2D eigenvalue weighted by Gasteiger charge is 2.48. The number of aliphatic carboxylic acids is 1. The Hall–Kier alpha value is -2.84. The molecule has 3 heterocycles. The van der Waals surface area contributed by atoms with Crippen LogP contribution in [0.1, 0.15) is 49.8 Å². The number of likely N-dealkylation sites (tertiary alicyclic amines) is 1. The summed E-state index contributed by atoms with van der Waals surface area (Å²) in [5, 5.41) is 42.1. The average molecular weight is 666 g/mol. The van der Waals surface area contributed by atoms with Crippen LogP contribution in [0.25, 0.3) is 10.1 Å². The highest BCUT2D eigenvalue weighted by molar-refractivity contribution is 7.19. The fraction of sp³-hybridized carbons (Fsp3) is 0.531. The van der Waals surface area contributed by atoms with Crippen LogP contribution in [0.2, 0.25) is 5.02 Å². The summed E-state index contributed by atoms with van der Waals surface area (Å²) in [6.45, 7) is 0.393. The van der Waals surface area contributed by atoms with E-state index in [0.717, 1.165) is 21.4 Å². The molecule has 2 aromatic rings. The summed E-state index contributed by atoms with van der Waals surface area (Å²) in [5.41, 5.74) is 0. The summed E-state index contributed by atoms with van der Waals surface area (Å²) in [6.07, 6.45) is 2.48. The van der Waals surface area contributed by atoms with Gasteiger partial charge in [0.05, 0.1) is 24.3 Å². The highest BCUT2D eigenvalue weighted by atomic mass is 35.5. The number of esters is 1. The van der Waals surface area contributed by atoms with Crippen LogP contribution in [0.4, 0.5) is 0 Å². The smallest absolute Gasteiger partial charge is 0.335 e. The first-order valence-corrected chi connectivity index (χ1v) is 16.2. The van der Waals surface area contributed by atoms with E-state index in [1.54, 1.807) is 22.3 Å². The number of carbonyl (C=O) groups excluding carboxylic acids is 2. The molecule has 0 radical (unpaired) electrons. The minimum absolute atomic E-state index is 0.0112. The predicted octanol–water partition coefficient (Wildman–Crippen LogP) is 3.60. The summed E-state index contributed by atoms with van der Waals surface area (Å²) < 4.78 is 17.1. The van der Waals surface area contributed by atoms with Crippen LogP contribution in [0, 0.1) is 0 Å². The molecule has 3 unspecified atom stereocenters. The number of thiophene rings is 1. The molecule has 0 aliphatic carbocycles. The summed E-state index contributed by atoms with van der Waals surface area (Å²) >= 11 is 8.22. The summed E-state index contributed by atoms with van der Waals surface area (Å²) in [7, 11) is 1.35. The van der Waals surface area contributed by atoms with Crippen molar-refractivity contribution in [1.29, 1.82) is 0 Å². The van der Waals surface area contributed by atoms with Crippen molar-refractivity contribution in [2.75, 3.05) is 13.7 Å². The molecule has 45 heavy (non-hydrogen) atoms. The first-order valence-electron chi connectivity index (χ1n) is 15.0. The molecule has 2 saturated heterocycles. The monoisotopic (exact) mass is 665 g/mol. The molecular formula is C32H40ClNO10S. The minimum atomic E-state index is -1.83. The number of hydrogen-bond acceptors (Lipinski definition) is 10. The van der Waals surface area contributed by atoms with Crippen molar-refractivity contribution in [3.63, 3.8) is 0 Å². The van der Waals surface area contributed by atoms with Gasteiger partial charge in [0, 0.05) is 34.3 Å². The maximum atomic E-state index is 12.8. The van der Waals surface area contributed by atoms with Crippen molar-refractivity contribution in [1.82, 2.24) is 4.90 Å². The molecule has 0 saturated carbocycles. The SMILES string of the molecule is COC(=O)CCCC=CCN1C(=O)CCC[C@@H]1C=CC(CCc1sc2ccccc2c1Cl)O[C@@H]1OC(C(=O)O)[C@@H](O)[C@H](O)C1O. The molecule has 4 N–H and O–H groups in total. The number of aliphatic hydroxyl groups is 3. The van der Waals surface area contributed by atoms with Crippen molar-refractivity contribution in [3.05, 3.63) is 58.5 Å². The Kier molecular flexibility index (Phi) is 13.0. The number of methoxy groups -OCH3 is 1. The number of carboxylic acids is 1. The fourth-order valence-corrected chi connectivity index (χ4v) is 7.00. The number of piperidine rings is 1. The third-order valence-electron chi connectivity index (χ3n) is 7.99. The van der Waals surface area contributed by atoms with Crippen LogP contribution in [0.3, 0.4) is 0 Å². The zero-order chi connectivity index (χ0) is 32.5. The normalized spacial score (nSPS) is 26.6. The molecule has 2 aliphatic heterocycles. The largest absolute Gasteiger partial charge is 0.479 e. The lowest BCUT2D eigenvalue weighted by atomic mass is 9.98. The second kappa shape index (κ2) is 16.6. The molecule has 4 rings (SSSR count). The van der Waals surface area contributed by atoms with Crippen LogP contribution in [0.15, 0.2) is 48.6 Å². The van der Waals surface area contributed by atoms with Gasteiger partial charge in [-0.05, 0) is 44.6 Å². The number of hydrogen-bond donors (Lipinski definition) is 4. The first-order chi connectivity index (χ1) is 21.6. The lowest BCUT2D eigenvalue weighted by molar-refractivity contribution is -0.300. The zero-order valence-corrected chi connectivity index (χ0v) is 26.6.